The number of ether oxygens (including phenoxy) is 2. The number of nitrogens with zero attached hydrogens (tertiary/aromatic N) is 1. The van der Waals surface area contributed by atoms with Crippen LogP contribution in [0.25, 0.3) is 5.57 Å². The molecule has 0 saturated carbocycles. The minimum absolute atomic E-state index is 0.0514. The molecule has 0 radical (unpaired) electrons. The van der Waals surface area contributed by atoms with Gasteiger partial charge in [-0.25, -0.2) is 0 Å². The SMILES string of the molecule is Nc1ccc2c(c1)/C(=C1\COCCCN1)C(=O)N2C1CCOCC1. The highest BCUT2D eigenvalue weighted by atomic mass is 16.5. The Bertz CT molecular complexity index is 670. The van der Waals surface area contributed by atoms with Gasteiger partial charge < -0.3 is 25.4 Å². The first-order chi connectivity index (χ1) is 11.8. The maximum absolute atomic E-state index is 13.3. The molecule has 0 aliphatic carbocycles. The van der Waals surface area contributed by atoms with E-state index in [0.29, 0.717) is 37.7 Å². The van der Waals surface area contributed by atoms with Gasteiger partial charge in [-0.2, -0.15) is 0 Å². The number of benzene rings is 1. The summed E-state index contributed by atoms with van der Waals surface area (Å²) in [4.78, 5) is 15.2. The number of rotatable bonds is 1. The highest BCUT2D eigenvalue weighted by Crippen LogP contribution is 2.41. The Morgan fingerprint density at radius 2 is 2.00 bits per heavy atom. The van der Waals surface area contributed by atoms with Gasteiger partial charge in [-0.3, -0.25) is 4.79 Å². The van der Waals surface area contributed by atoms with Crippen molar-refractivity contribution in [1.82, 2.24) is 5.32 Å². The third-order valence-electron chi connectivity index (χ3n) is 4.89. The molecule has 6 nitrogen and oxygen atoms in total. The van der Waals surface area contributed by atoms with Crippen LogP contribution >= 0.6 is 0 Å². The van der Waals surface area contributed by atoms with Crippen molar-refractivity contribution in [2.45, 2.75) is 25.3 Å². The molecule has 0 aromatic heterocycles. The summed E-state index contributed by atoms with van der Waals surface area (Å²) in [5, 5.41) is 3.38. The van der Waals surface area contributed by atoms with E-state index in [0.717, 1.165) is 42.8 Å². The molecule has 2 saturated heterocycles. The highest BCUT2D eigenvalue weighted by Gasteiger charge is 2.39. The van der Waals surface area contributed by atoms with Crippen LogP contribution in [0.4, 0.5) is 11.4 Å². The summed E-state index contributed by atoms with van der Waals surface area (Å²) in [5.74, 6) is 0.0514. The van der Waals surface area contributed by atoms with Crippen LogP contribution in [-0.4, -0.2) is 44.9 Å². The van der Waals surface area contributed by atoms with E-state index in [4.69, 9.17) is 15.2 Å². The Hall–Kier alpha value is -2.05. The van der Waals surface area contributed by atoms with Gasteiger partial charge in [0.05, 0.1) is 23.6 Å². The number of hydrogen-bond donors (Lipinski definition) is 2. The van der Waals surface area contributed by atoms with Crippen LogP contribution < -0.4 is 16.0 Å². The lowest BCUT2D eigenvalue weighted by molar-refractivity contribution is -0.113. The normalized spacial score (nSPS) is 25.3. The summed E-state index contributed by atoms with van der Waals surface area (Å²) < 4.78 is 11.1. The minimum Gasteiger partial charge on any atom is -0.399 e. The fraction of sp³-hybridized carbons (Fsp3) is 0.500. The molecule has 24 heavy (non-hydrogen) atoms. The van der Waals surface area contributed by atoms with Gasteiger partial charge in [0, 0.05) is 43.7 Å². The van der Waals surface area contributed by atoms with Crippen molar-refractivity contribution in [2.24, 2.45) is 0 Å². The van der Waals surface area contributed by atoms with Crippen LogP contribution in [0.2, 0.25) is 0 Å². The second-order valence-electron chi connectivity index (χ2n) is 6.48. The summed E-state index contributed by atoms with van der Waals surface area (Å²) in [5.41, 5.74) is 10.1. The Labute approximate surface area is 141 Å². The molecule has 3 heterocycles. The maximum Gasteiger partial charge on any atom is 0.261 e. The second-order valence-corrected chi connectivity index (χ2v) is 6.48. The van der Waals surface area contributed by atoms with Crippen LogP contribution in [0.15, 0.2) is 23.9 Å². The Morgan fingerprint density at radius 3 is 2.83 bits per heavy atom. The first kappa shape index (κ1) is 15.5. The van der Waals surface area contributed by atoms with E-state index >= 15 is 0 Å². The molecule has 1 aromatic rings. The van der Waals surface area contributed by atoms with Gasteiger partial charge in [0.1, 0.15) is 0 Å². The monoisotopic (exact) mass is 329 g/mol. The minimum atomic E-state index is 0.0514. The first-order valence-corrected chi connectivity index (χ1v) is 8.61. The number of carbonyl (C=O) groups is 1. The van der Waals surface area contributed by atoms with Crippen LogP contribution in [0.1, 0.15) is 24.8 Å². The third kappa shape index (κ3) is 2.65. The number of anilines is 2. The largest absolute Gasteiger partial charge is 0.399 e. The summed E-state index contributed by atoms with van der Waals surface area (Å²) >= 11 is 0. The number of fused-ring (bicyclic) bond motifs is 1. The van der Waals surface area contributed by atoms with E-state index in [1.165, 1.54) is 0 Å². The van der Waals surface area contributed by atoms with E-state index in [1.807, 2.05) is 23.1 Å². The Balaban J connectivity index is 1.79. The van der Waals surface area contributed by atoms with Crippen molar-refractivity contribution < 1.29 is 14.3 Å². The van der Waals surface area contributed by atoms with E-state index < -0.39 is 0 Å². The van der Waals surface area contributed by atoms with Crippen molar-refractivity contribution in [2.75, 3.05) is 43.6 Å². The first-order valence-electron chi connectivity index (χ1n) is 8.61. The van der Waals surface area contributed by atoms with Crippen LogP contribution in [0, 0.1) is 0 Å². The van der Waals surface area contributed by atoms with E-state index in [1.54, 1.807) is 0 Å². The predicted molar refractivity (Wildman–Crippen MR) is 92.5 cm³/mol. The van der Waals surface area contributed by atoms with Crippen LogP contribution in [0.3, 0.4) is 0 Å². The molecule has 1 aromatic carbocycles. The molecule has 128 valence electrons. The number of carbonyl (C=O) groups excluding carboxylic acids is 1. The van der Waals surface area contributed by atoms with Gasteiger partial charge in [-0.05, 0) is 37.5 Å². The van der Waals surface area contributed by atoms with Crippen molar-refractivity contribution >= 4 is 22.9 Å². The summed E-state index contributed by atoms with van der Waals surface area (Å²) in [7, 11) is 0. The average Bonchev–Trinajstić information content (AvgIpc) is 2.76. The lowest BCUT2D eigenvalue weighted by Gasteiger charge is -2.31. The number of amides is 1. The molecular weight excluding hydrogens is 306 g/mol. The Kier molecular flexibility index (Phi) is 4.16. The van der Waals surface area contributed by atoms with Crippen molar-refractivity contribution in [3.8, 4) is 0 Å². The number of nitrogens with two attached hydrogens (primary N) is 1. The lowest BCUT2D eigenvalue weighted by Crippen LogP contribution is -2.41. The molecule has 0 spiro atoms. The zero-order valence-electron chi connectivity index (χ0n) is 13.7. The number of nitrogen functional groups attached to an aromatic ring is 1. The van der Waals surface area contributed by atoms with E-state index in [-0.39, 0.29) is 11.9 Å². The summed E-state index contributed by atoms with van der Waals surface area (Å²) in [6.45, 7) is 3.38. The Morgan fingerprint density at radius 1 is 1.17 bits per heavy atom. The second kappa shape index (κ2) is 6.45. The summed E-state index contributed by atoms with van der Waals surface area (Å²) in [6.07, 6.45) is 2.67. The molecule has 3 N–H and O–H groups in total. The van der Waals surface area contributed by atoms with Crippen LogP contribution in [0.5, 0.6) is 0 Å². The number of hydrogen-bond acceptors (Lipinski definition) is 5. The predicted octanol–water partition coefficient (Wildman–Crippen LogP) is 1.52. The molecule has 2 fully saturated rings. The smallest absolute Gasteiger partial charge is 0.261 e. The van der Waals surface area contributed by atoms with E-state index in [2.05, 4.69) is 5.32 Å². The molecule has 4 rings (SSSR count). The molecule has 0 bridgehead atoms. The molecule has 0 atom stereocenters. The van der Waals surface area contributed by atoms with Gasteiger partial charge in [0.2, 0.25) is 0 Å². The fourth-order valence-electron chi connectivity index (χ4n) is 3.71. The zero-order valence-corrected chi connectivity index (χ0v) is 13.7. The van der Waals surface area contributed by atoms with Crippen molar-refractivity contribution in [1.29, 1.82) is 0 Å². The standard InChI is InChI=1S/C18H23N3O3/c19-12-2-3-16-14(10-12)17(15-11-24-7-1-6-20-15)18(22)21(16)13-4-8-23-9-5-13/h2-3,10,13,20H,1,4-9,11,19H2/b17-15-. The average molecular weight is 329 g/mol. The van der Waals surface area contributed by atoms with E-state index in [9.17, 15) is 4.79 Å². The van der Waals surface area contributed by atoms with Gasteiger partial charge in [0.15, 0.2) is 0 Å². The number of nitrogens with one attached hydrogen (secondary N) is 1. The molecule has 3 aliphatic heterocycles. The zero-order chi connectivity index (χ0) is 16.5. The molecular formula is C18H23N3O3. The third-order valence-corrected chi connectivity index (χ3v) is 4.89. The van der Waals surface area contributed by atoms with Gasteiger partial charge in [-0.15, -0.1) is 0 Å². The van der Waals surface area contributed by atoms with Crippen molar-refractivity contribution in [3.05, 3.63) is 29.5 Å². The molecule has 6 heteroatoms. The van der Waals surface area contributed by atoms with Gasteiger partial charge in [-0.1, -0.05) is 0 Å². The quantitative estimate of drug-likeness (QED) is 0.603. The van der Waals surface area contributed by atoms with Gasteiger partial charge in [0.25, 0.3) is 5.91 Å². The highest BCUT2D eigenvalue weighted by molar-refractivity contribution is 6.33. The molecule has 0 unspecified atom stereocenters. The molecule has 3 aliphatic rings. The topological polar surface area (TPSA) is 76.8 Å². The van der Waals surface area contributed by atoms with Crippen molar-refractivity contribution in [3.63, 3.8) is 0 Å². The van der Waals surface area contributed by atoms with Gasteiger partial charge >= 0.3 is 0 Å². The van der Waals surface area contributed by atoms with Crippen LogP contribution in [-0.2, 0) is 14.3 Å². The molecule has 1 amide bonds. The lowest BCUT2D eigenvalue weighted by atomic mass is 10.0. The summed E-state index contributed by atoms with van der Waals surface area (Å²) in [6, 6.07) is 5.91. The fourth-order valence-corrected chi connectivity index (χ4v) is 3.71. The maximum atomic E-state index is 13.3.